The van der Waals surface area contributed by atoms with Gasteiger partial charge >= 0.3 is 6.03 Å². The van der Waals surface area contributed by atoms with E-state index in [9.17, 15) is 19.1 Å². The highest BCUT2D eigenvalue weighted by Crippen LogP contribution is 2.27. The third-order valence-corrected chi connectivity index (χ3v) is 5.04. The number of amides is 2. The van der Waals surface area contributed by atoms with E-state index >= 15 is 0 Å². The first-order valence-electron chi connectivity index (χ1n) is 9.16. The van der Waals surface area contributed by atoms with Gasteiger partial charge in [0.15, 0.2) is 0 Å². The molecule has 1 aromatic heterocycles. The lowest BCUT2D eigenvalue weighted by molar-refractivity contribution is 0.182. The van der Waals surface area contributed by atoms with E-state index in [1.165, 1.54) is 18.2 Å². The lowest BCUT2D eigenvalue weighted by atomic mass is 10.0. The van der Waals surface area contributed by atoms with Gasteiger partial charge in [-0.25, -0.2) is 9.18 Å². The Kier molecular flexibility index (Phi) is 6.51. The fourth-order valence-electron chi connectivity index (χ4n) is 3.23. The Morgan fingerprint density at radius 2 is 2.00 bits per heavy atom. The second-order valence-corrected chi connectivity index (χ2v) is 7.03. The lowest BCUT2D eigenvalue weighted by Gasteiger charge is -2.30. The zero-order valence-corrected chi connectivity index (χ0v) is 16.5. The van der Waals surface area contributed by atoms with E-state index in [2.05, 4.69) is 10.3 Å². The van der Waals surface area contributed by atoms with Crippen LogP contribution >= 0.6 is 11.6 Å². The topological polar surface area (TPSA) is 85.4 Å². The van der Waals surface area contributed by atoms with Gasteiger partial charge in [0.1, 0.15) is 5.82 Å². The largest absolute Gasteiger partial charge is 0.396 e. The molecule has 0 saturated carbocycles. The lowest BCUT2D eigenvalue weighted by Crippen LogP contribution is -2.38. The smallest absolute Gasteiger partial charge is 0.322 e. The minimum atomic E-state index is -0.574. The summed E-state index contributed by atoms with van der Waals surface area (Å²) in [6.45, 7) is 2.05. The molecule has 0 spiro atoms. The average Bonchev–Trinajstić information content (AvgIpc) is 2.71. The number of benzene rings is 2. The van der Waals surface area contributed by atoms with Crippen LogP contribution in [0.15, 0.2) is 53.5 Å². The van der Waals surface area contributed by atoms with Crippen LogP contribution in [0.1, 0.15) is 24.9 Å². The van der Waals surface area contributed by atoms with Crippen molar-refractivity contribution in [2.24, 2.45) is 0 Å². The summed E-state index contributed by atoms with van der Waals surface area (Å²) >= 11 is 5.79. The molecule has 3 aromatic rings. The van der Waals surface area contributed by atoms with Crippen LogP contribution in [0.2, 0.25) is 5.02 Å². The molecule has 0 bridgehead atoms. The molecule has 3 N–H and O–H groups in total. The van der Waals surface area contributed by atoms with Gasteiger partial charge in [0.25, 0.3) is 5.56 Å². The van der Waals surface area contributed by atoms with Gasteiger partial charge < -0.3 is 20.3 Å². The number of aliphatic hydroxyl groups excluding tert-OH is 1. The van der Waals surface area contributed by atoms with E-state index in [0.29, 0.717) is 17.5 Å². The van der Waals surface area contributed by atoms with Crippen molar-refractivity contribution in [3.05, 3.63) is 75.4 Å². The number of nitrogens with zero attached hydrogens (tertiary/aromatic N) is 1. The predicted octanol–water partition coefficient (Wildman–Crippen LogP) is 4.30. The molecule has 0 aliphatic rings. The zero-order valence-electron chi connectivity index (χ0n) is 15.8. The molecular formula is C21H21ClFN3O3. The van der Waals surface area contributed by atoms with Crippen LogP contribution < -0.4 is 10.9 Å². The van der Waals surface area contributed by atoms with Gasteiger partial charge in [-0.05, 0) is 48.6 Å². The van der Waals surface area contributed by atoms with Gasteiger partial charge in [-0.1, -0.05) is 29.8 Å². The number of nitrogens with one attached hydrogen (secondary N) is 2. The Morgan fingerprint density at radius 1 is 1.28 bits per heavy atom. The Bertz CT molecular complexity index is 1090. The number of urea groups is 1. The number of halogens is 2. The van der Waals surface area contributed by atoms with Crippen LogP contribution in [0, 0.1) is 5.82 Å². The number of carbonyl (C=O) groups excluding carboxylic acids is 1. The molecule has 0 fully saturated rings. The molecule has 1 heterocycles. The SMILES string of the molecule is C[C@H](c1c[nH]c(=O)c2ccccc12)N(CCCO)C(=O)Nc1ccc(F)c(Cl)c1. The highest BCUT2D eigenvalue weighted by molar-refractivity contribution is 6.31. The van der Waals surface area contributed by atoms with Crippen molar-refractivity contribution in [2.45, 2.75) is 19.4 Å². The Hall–Kier alpha value is -2.90. The summed E-state index contributed by atoms with van der Waals surface area (Å²) in [6, 6.07) is 10.3. The summed E-state index contributed by atoms with van der Waals surface area (Å²) in [5.41, 5.74) is 0.920. The van der Waals surface area contributed by atoms with Gasteiger partial charge in [0.05, 0.1) is 11.1 Å². The number of pyridine rings is 1. The van der Waals surface area contributed by atoms with E-state index < -0.39 is 17.9 Å². The first kappa shape index (κ1) is 20.8. The van der Waals surface area contributed by atoms with Gasteiger partial charge in [-0.15, -0.1) is 0 Å². The first-order valence-corrected chi connectivity index (χ1v) is 9.54. The highest BCUT2D eigenvalue weighted by atomic mass is 35.5. The zero-order chi connectivity index (χ0) is 21.0. The second kappa shape index (κ2) is 9.07. The Balaban J connectivity index is 1.93. The van der Waals surface area contributed by atoms with Crippen molar-refractivity contribution < 1.29 is 14.3 Å². The minimum Gasteiger partial charge on any atom is -0.396 e. The number of rotatable bonds is 6. The quantitative estimate of drug-likeness (QED) is 0.559. The van der Waals surface area contributed by atoms with Crippen LogP contribution in [0.4, 0.5) is 14.9 Å². The maximum Gasteiger partial charge on any atom is 0.322 e. The minimum absolute atomic E-state index is 0.0781. The summed E-state index contributed by atoms with van der Waals surface area (Å²) in [4.78, 5) is 29.3. The molecule has 1 atom stereocenters. The summed E-state index contributed by atoms with van der Waals surface area (Å²) in [5, 5.41) is 13.1. The van der Waals surface area contributed by atoms with Crippen molar-refractivity contribution in [1.82, 2.24) is 9.88 Å². The highest BCUT2D eigenvalue weighted by Gasteiger charge is 2.23. The standard InChI is InChI=1S/C21H21ClFN3O3/c1-13(17-12-24-20(28)16-6-3-2-5-15(16)17)26(9-4-10-27)21(29)25-14-7-8-19(23)18(22)11-14/h2-3,5-8,11-13,27H,4,9-10H2,1H3,(H,24,28)(H,25,29)/t13-/m1/s1. The molecule has 8 heteroatoms. The Labute approximate surface area is 171 Å². The number of fused-ring (bicyclic) bond motifs is 1. The number of aliphatic hydroxyl groups is 1. The molecule has 152 valence electrons. The average molecular weight is 418 g/mol. The van der Waals surface area contributed by atoms with Crippen LogP contribution in [0.25, 0.3) is 10.8 Å². The van der Waals surface area contributed by atoms with Crippen molar-refractivity contribution in [1.29, 1.82) is 0 Å². The van der Waals surface area contributed by atoms with E-state index in [1.54, 1.807) is 23.2 Å². The number of aromatic amines is 1. The monoisotopic (exact) mass is 417 g/mol. The predicted molar refractivity (Wildman–Crippen MR) is 112 cm³/mol. The maximum absolute atomic E-state index is 13.4. The van der Waals surface area contributed by atoms with Crippen LogP contribution in [-0.4, -0.2) is 34.2 Å². The molecule has 0 saturated heterocycles. The number of hydrogen-bond donors (Lipinski definition) is 3. The van der Waals surface area contributed by atoms with E-state index in [-0.39, 0.29) is 23.7 Å². The molecular weight excluding hydrogens is 397 g/mol. The molecule has 3 rings (SSSR count). The summed E-state index contributed by atoms with van der Waals surface area (Å²) in [7, 11) is 0. The fourth-order valence-corrected chi connectivity index (χ4v) is 3.41. The van der Waals surface area contributed by atoms with Gasteiger partial charge in [-0.3, -0.25) is 4.79 Å². The Morgan fingerprint density at radius 3 is 2.69 bits per heavy atom. The number of H-pyrrole nitrogens is 1. The third-order valence-electron chi connectivity index (χ3n) is 4.75. The number of carbonyl (C=O) groups is 1. The fraction of sp³-hybridized carbons (Fsp3) is 0.238. The van der Waals surface area contributed by atoms with E-state index in [0.717, 1.165) is 10.9 Å². The normalized spacial score (nSPS) is 12.0. The molecule has 29 heavy (non-hydrogen) atoms. The van der Waals surface area contributed by atoms with E-state index in [4.69, 9.17) is 11.6 Å². The van der Waals surface area contributed by atoms with Crippen molar-refractivity contribution in [2.75, 3.05) is 18.5 Å². The van der Waals surface area contributed by atoms with Crippen LogP contribution in [0.5, 0.6) is 0 Å². The maximum atomic E-state index is 13.4. The van der Waals surface area contributed by atoms with Gasteiger partial charge in [0.2, 0.25) is 0 Å². The second-order valence-electron chi connectivity index (χ2n) is 6.62. The molecule has 2 aromatic carbocycles. The van der Waals surface area contributed by atoms with Gasteiger partial charge in [-0.2, -0.15) is 0 Å². The van der Waals surface area contributed by atoms with Crippen molar-refractivity contribution in [3.8, 4) is 0 Å². The number of anilines is 1. The molecule has 0 unspecified atom stereocenters. The van der Waals surface area contributed by atoms with E-state index in [1.807, 2.05) is 19.1 Å². The molecule has 0 radical (unpaired) electrons. The number of aromatic nitrogens is 1. The van der Waals surface area contributed by atoms with Crippen molar-refractivity contribution >= 4 is 34.1 Å². The van der Waals surface area contributed by atoms with Crippen molar-refractivity contribution in [3.63, 3.8) is 0 Å². The summed E-state index contributed by atoms with van der Waals surface area (Å²) < 4.78 is 13.4. The molecule has 2 amide bonds. The third kappa shape index (κ3) is 4.58. The number of hydrogen-bond acceptors (Lipinski definition) is 3. The van der Waals surface area contributed by atoms with Crippen LogP contribution in [-0.2, 0) is 0 Å². The summed E-state index contributed by atoms with van der Waals surface area (Å²) in [6.07, 6.45) is 1.98. The van der Waals surface area contributed by atoms with Crippen LogP contribution in [0.3, 0.4) is 0 Å². The molecule has 0 aliphatic heterocycles. The van der Waals surface area contributed by atoms with Gasteiger partial charge in [0, 0.05) is 30.4 Å². The molecule has 6 nitrogen and oxygen atoms in total. The summed E-state index contributed by atoms with van der Waals surface area (Å²) in [5.74, 6) is -0.574. The molecule has 0 aliphatic carbocycles. The first-order chi connectivity index (χ1) is 13.9.